The summed E-state index contributed by atoms with van der Waals surface area (Å²) in [5.41, 5.74) is 16.2. The van der Waals surface area contributed by atoms with E-state index >= 15 is 0 Å². The SMILES string of the molecule is Brc1ccc2[nH]cc(C(c3ccc(Oc4nc(Oc5ccc(C(c6c[nH]c7ccc(Br)cc67)c6c[nH]c7ccc(Br)cc67)cc5)nc(Oc5ccc(C(c6c[nH]c7ccc(Br)cc67)c6c[nH]c7ccc(Br)cc67)cc5)n4)cc3)c3c[nH]c4ccc(Br)cc34)c2c1. The minimum Gasteiger partial charge on any atom is -0.424 e. The van der Waals surface area contributed by atoms with Crippen molar-refractivity contribution in [2.45, 2.75) is 17.8 Å². The Kier molecular flexibility index (Phi) is 14.7. The van der Waals surface area contributed by atoms with Crippen molar-refractivity contribution in [2.75, 3.05) is 0 Å². The first kappa shape index (κ1) is 56.7. The third-order valence-corrected chi connectivity index (χ3v) is 19.7. The molecule has 0 bridgehead atoms. The summed E-state index contributed by atoms with van der Waals surface area (Å²) in [4.78, 5) is 35.5. The van der Waals surface area contributed by atoms with Crippen LogP contribution in [0.15, 0.2) is 246 Å². The zero-order chi connectivity index (χ0) is 60.7. The number of H-pyrrole nitrogens is 6. The average molecular weight is 1560 g/mol. The fraction of sp³-hybridized carbons (Fsp3) is 0.0417. The van der Waals surface area contributed by atoms with E-state index in [1.165, 1.54) is 0 Å². The second-order valence-corrected chi connectivity index (χ2v) is 27.6. The van der Waals surface area contributed by atoms with Crippen molar-refractivity contribution < 1.29 is 14.2 Å². The predicted molar refractivity (Wildman–Crippen MR) is 378 cm³/mol. The number of hydrogen-bond acceptors (Lipinski definition) is 6. The maximum atomic E-state index is 6.59. The van der Waals surface area contributed by atoms with Gasteiger partial charge in [0.15, 0.2) is 0 Å². The van der Waals surface area contributed by atoms with Crippen molar-refractivity contribution in [3.63, 3.8) is 0 Å². The monoisotopic (exact) mass is 1560 g/mol. The molecule has 7 heterocycles. The maximum absolute atomic E-state index is 6.59. The van der Waals surface area contributed by atoms with Crippen molar-refractivity contribution in [2.24, 2.45) is 0 Å². The summed E-state index contributed by atoms with van der Waals surface area (Å²) in [5, 5.41) is 6.69. The highest BCUT2D eigenvalue weighted by Gasteiger charge is 2.28. The van der Waals surface area contributed by atoms with Gasteiger partial charge in [-0.1, -0.05) is 132 Å². The van der Waals surface area contributed by atoms with Gasteiger partial charge in [-0.15, -0.1) is 15.0 Å². The summed E-state index contributed by atoms with van der Waals surface area (Å²) in [7, 11) is 0. The highest BCUT2D eigenvalue weighted by atomic mass is 79.9. The van der Waals surface area contributed by atoms with Crippen LogP contribution in [-0.4, -0.2) is 44.9 Å². The summed E-state index contributed by atoms with van der Waals surface area (Å²) in [5.74, 6) is 1.02. The van der Waals surface area contributed by atoms with Gasteiger partial charge < -0.3 is 44.1 Å². The highest BCUT2D eigenvalue weighted by Crippen LogP contribution is 2.46. The first-order chi connectivity index (χ1) is 44.0. The largest absolute Gasteiger partial charge is 0.424 e. The van der Waals surface area contributed by atoms with Crippen molar-refractivity contribution in [1.29, 1.82) is 0 Å². The lowest BCUT2D eigenvalue weighted by Gasteiger charge is -2.18. The Labute approximate surface area is 564 Å². The van der Waals surface area contributed by atoms with Crippen LogP contribution in [0.3, 0.4) is 0 Å². The molecule has 0 saturated carbocycles. The normalized spacial score (nSPS) is 12.0. The molecule has 0 aliphatic rings. The summed E-state index contributed by atoms with van der Waals surface area (Å²) < 4.78 is 25.8. The molecule has 0 amide bonds. The van der Waals surface area contributed by atoms with Gasteiger partial charge in [0.05, 0.1) is 0 Å². The van der Waals surface area contributed by atoms with E-state index in [-0.39, 0.29) is 35.8 Å². The molecule has 0 aliphatic heterocycles. The molecule has 0 spiro atoms. The van der Waals surface area contributed by atoms with Crippen molar-refractivity contribution >= 4 is 161 Å². The molecule has 16 aromatic rings. The number of halogens is 6. The smallest absolute Gasteiger partial charge is 0.331 e. The second-order valence-electron chi connectivity index (χ2n) is 22.1. The van der Waals surface area contributed by atoms with Crippen LogP contribution in [0.1, 0.15) is 67.8 Å². The molecular weight excluding hydrogens is 1520 g/mol. The molecule has 0 saturated heterocycles. The predicted octanol–water partition coefficient (Wildman–Crippen LogP) is 22.3. The maximum Gasteiger partial charge on any atom is 0.331 e. The molecule has 16 rings (SSSR count). The summed E-state index contributed by atoms with van der Waals surface area (Å²) in [6.07, 6.45) is 12.6. The van der Waals surface area contributed by atoms with E-state index in [9.17, 15) is 0 Å². The molecule has 0 unspecified atom stereocenters. The molecule has 18 heteroatoms. The zero-order valence-electron chi connectivity index (χ0n) is 46.9. The third kappa shape index (κ3) is 10.8. The van der Waals surface area contributed by atoms with Crippen LogP contribution in [0.25, 0.3) is 65.4 Å². The van der Waals surface area contributed by atoms with E-state index < -0.39 is 0 Å². The van der Waals surface area contributed by atoms with Gasteiger partial charge in [0.25, 0.3) is 0 Å². The van der Waals surface area contributed by atoms with E-state index in [1.54, 1.807) is 0 Å². The Bertz CT molecular complexity index is 4630. The molecular formula is C72H45Br6N9O3. The van der Waals surface area contributed by atoms with Crippen LogP contribution in [-0.2, 0) is 0 Å². The van der Waals surface area contributed by atoms with Gasteiger partial charge in [-0.25, -0.2) is 0 Å². The fourth-order valence-electron chi connectivity index (χ4n) is 12.7. The van der Waals surface area contributed by atoms with Gasteiger partial charge in [-0.05, 0) is 196 Å². The molecule has 0 atom stereocenters. The molecule has 7 aromatic heterocycles. The van der Waals surface area contributed by atoms with Crippen molar-refractivity contribution in [3.05, 3.63) is 296 Å². The number of ether oxygens (including phenoxy) is 3. The highest BCUT2D eigenvalue weighted by molar-refractivity contribution is 9.11. The molecule has 9 aromatic carbocycles. The van der Waals surface area contributed by atoms with Gasteiger partial charge in [0, 0.05) is 147 Å². The van der Waals surface area contributed by atoms with Crippen molar-refractivity contribution in [3.8, 4) is 35.3 Å². The topological polar surface area (TPSA) is 161 Å². The summed E-state index contributed by atoms with van der Waals surface area (Å²) in [6, 6.07) is 61.9. The molecule has 0 aliphatic carbocycles. The van der Waals surface area contributed by atoms with Gasteiger partial charge in [-0.3, -0.25) is 0 Å². The Balaban J connectivity index is 0.757. The van der Waals surface area contributed by atoms with Gasteiger partial charge in [0.2, 0.25) is 0 Å². The number of nitrogens with one attached hydrogen (secondary N) is 6. The minimum absolute atomic E-state index is 0.0254. The van der Waals surface area contributed by atoms with Crippen molar-refractivity contribution in [1.82, 2.24) is 44.9 Å². The van der Waals surface area contributed by atoms with E-state index in [0.717, 1.165) is 142 Å². The second kappa shape index (κ2) is 23.4. The number of hydrogen-bond donors (Lipinski definition) is 6. The van der Waals surface area contributed by atoms with Crippen LogP contribution >= 0.6 is 95.6 Å². The fourth-order valence-corrected chi connectivity index (χ4v) is 14.8. The van der Waals surface area contributed by atoms with Crippen LogP contribution in [0.2, 0.25) is 0 Å². The quantitative estimate of drug-likeness (QED) is 0.0599. The van der Waals surface area contributed by atoms with Crippen LogP contribution in [0.4, 0.5) is 0 Å². The lowest BCUT2D eigenvalue weighted by Crippen LogP contribution is -2.04. The Hall–Kier alpha value is -8.49. The van der Waals surface area contributed by atoms with Gasteiger partial charge in [-0.2, -0.15) is 0 Å². The Morgan fingerprint density at radius 2 is 0.433 bits per heavy atom. The first-order valence-corrected chi connectivity index (χ1v) is 33.4. The molecule has 6 N–H and O–H groups in total. The number of aromatic nitrogens is 9. The standard InChI is InChI=1S/C72H45Br6N9O3/c73-40-7-19-61-49(25-40)55(31-79-61)67(56-32-80-62-20-8-41(74)26-50(56)62)37-1-13-46(14-2-37)88-70-85-71(89-47-15-3-38(4-16-47)68(57-33-81-63-21-9-42(75)27-51(57)63)58-34-82-64-22-10-43(76)28-52(58)64)87-72(86-70)90-48-17-5-39(6-18-48)69(59-35-83-65-23-11-44(77)29-53(59)65)60-36-84-66-24-12-45(78)30-54(60)66/h1-36,67-69,79-84H. The van der Waals surface area contributed by atoms with Crippen LogP contribution in [0, 0.1) is 0 Å². The van der Waals surface area contributed by atoms with E-state index in [2.05, 4.69) is 272 Å². The number of rotatable bonds is 15. The summed E-state index contributed by atoms with van der Waals surface area (Å²) in [6.45, 7) is 0. The minimum atomic E-state index is -0.158. The van der Waals surface area contributed by atoms with Gasteiger partial charge >= 0.3 is 18.0 Å². The Morgan fingerprint density at radius 3 is 0.622 bits per heavy atom. The van der Waals surface area contributed by atoms with Gasteiger partial charge in [0.1, 0.15) is 17.2 Å². The third-order valence-electron chi connectivity index (χ3n) is 16.8. The Morgan fingerprint density at radius 1 is 0.244 bits per heavy atom. The number of fused-ring (bicyclic) bond motifs is 6. The number of aromatic amines is 6. The summed E-state index contributed by atoms with van der Waals surface area (Å²) >= 11 is 22.4. The number of benzene rings is 9. The van der Waals surface area contributed by atoms with E-state index in [4.69, 9.17) is 29.2 Å². The molecule has 12 nitrogen and oxygen atoms in total. The van der Waals surface area contributed by atoms with E-state index in [1.807, 2.05) is 72.8 Å². The lowest BCUT2D eigenvalue weighted by atomic mass is 9.85. The van der Waals surface area contributed by atoms with E-state index in [0.29, 0.717) is 17.2 Å². The molecule has 438 valence electrons. The zero-order valence-corrected chi connectivity index (χ0v) is 56.4. The molecule has 90 heavy (non-hydrogen) atoms. The van der Waals surface area contributed by atoms with Crippen LogP contribution in [0.5, 0.6) is 35.3 Å². The molecule has 0 fully saturated rings. The lowest BCUT2D eigenvalue weighted by molar-refractivity contribution is 0.362. The number of nitrogens with zero attached hydrogens (tertiary/aromatic N) is 3. The average Bonchev–Trinajstić information content (AvgIpc) is 1.63. The van der Waals surface area contributed by atoms with Crippen LogP contribution < -0.4 is 14.2 Å². The first-order valence-electron chi connectivity index (χ1n) is 28.7. The molecule has 0 radical (unpaired) electrons.